The molecule has 0 bridgehead atoms. The van der Waals surface area contributed by atoms with Gasteiger partial charge < -0.3 is 10.5 Å². The highest BCUT2D eigenvalue weighted by atomic mass is 16.5. The highest BCUT2D eigenvalue weighted by Gasteiger charge is 2.20. The van der Waals surface area contributed by atoms with E-state index in [9.17, 15) is 10.0 Å². The molecule has 1 fully saturated rings. The summed E-state index contributed by atoms with van der Waals surface area (Å²) < 4.78 is 0.617. The lowest BCUT2D eigenvalue weighted by Gasteiger charge is -2.15. The van der Waals surface area contributed by atoms with E-state index in [0.717, 1.165) is 25.7 Å². The van der Waals surface area contributed by atoms with Gasteiger partial charge >= 0.3 is 5.91 Å². The summed E-state index contributed by atoms with van der Waals surface area (Å²) in [5, 5.41) is 14.4. The Balaban J connectivity index is 1.98. The number of rotatable bonds is 2. The first-order valence-electron chi connectivity index (χ1n) is 6.26. The van der Waals surface area contributed by atoms with Crippen molar-refractivity contribution in [3.8, 4) is 0 Å². The van der Waals surface area contributed by atoms with Crippen LogP contribution in [0.15, 0.2) is 24.4 Å². The summed E-state index contributed by atoms with van der Waals surface area (Å²) in [5.41, 5.74) is 0.178. The molecule has 0 spiro atoms. The third-order valence-electron chi connectivity index (χ3n) is 3.25. The minimum atomic E-state index is -0.257. The van der Waals surface area contributed by atoms with Crippen molar-refractivity contribution in [2.75, 3.05) is 0 Å². The van der Waals surface area contributed by atoms with Gasteiger partial charge in [0, 0.05) is 18.2 Å². The van der Waals surface area contributed by atoms with E-state index in [1.165, 1.54) is 19.0 Å². The van der Waals surface area contributed by atoms with Crippen molar-refractivity contribution in [2.24, 2.45) is 0 Å². The molecule has 0 aromatic carbocycles. The van der Waals surface area contributed by atoms with Crippen molar-refractivity contribution >= 4 is 5.91 Å². The van der Waals surface area contributed by atoms with Crippen LogP contribution in [0.2, 0.25) is 0 Å². The van der Waals surface area contributed by atoms with E-state index in [-0.39, 0.29) is 17.6 Å². The summed E-state index contributed by atoms with van der Waals surface area (Å²) in [4.78, 5) is 11.9. The maximum atomic E-state index is 11.9. The third-order valence-corrected chi connectivity index (χ3v) is 3.25. The molecule has 0 aliphatic heterocycles. The molecule has 1 aromatic rings. The van der Waals surface area contributed by atoms with Gasteiger partial charge in [0.05, 0.1) is 0 Å². The van der Waals surface area contributed by atoms with Gasteiger partial charge in [0.15, 0.2) is 6.20 Å². The van der Waals surface area contributed by atoms with E-state index < -0.39 is 0 Å². The molecule has 4 nitrogen and oxygen atoms in total. The molecular formula is C13H18N2O2. The van der Waals surface area contributed by atoms with Gasteiger partial charge in [0.25, 0.3) is 5.69 Å². The van der Waals surface area contributed by atoms with Gasteiger partial charge in [0.2, 0.25) is 0 Å². The van der Waals surface area contributed by atoms with Gasteiger partial charge in [-0.05, 0) is 18.9 Å². The van der Waals surface area contributed by atoms with Crippen LogP contribution in [0.25, 0.3) is 0 Å². The highest BCUT2D eigenvalue weighted by Crippen LogP contribution is 2.17. The quantitative estimate of drug-likeness (QED) is 0.481. The van der Waals surface area contributed by atoms with E-state index in [2.05, 4.69) is 5.32 Å². The van der Waals surface area contributed by atoms with E-state index in [1.54, 1.807) is 18.2 Å². The van der Waals surface area contributed by atoms with Crippen molar-refractivity contribution in [1.82, 2.24) is 5.32 Å². The summed E-state index contributed by atoms with van der Waals surface area (Å²) >= 11 is 0. The number of carbonyl (C=O) groups is 1. The van der Waals surface area contributed by atoms with Crippen LogP contribution >= 0.6 is 0 Å². The Labute approximate surface area is 101 Å². The molecule has 2 rings (SSSR count). The normalized spacial score (nSPS) is 17.4. The zero-order valence-electron chi connectivity index (χ0n) is 9.89. The molecule has 1 heterocycles. The molecule has 92 valence electrons. The number of hydrogen-bond donors (Lipinski definition) is 1. The van der Waals surface area contributed by atoms with Crippen LogP contribution in [0, 0.1) is 5.21 Å². The summed E-state index contributed by atoms with van der Waals surface area (Å²) in [6, 6.07) is 5.11. The minimum Gasteiger partial charge on any atom is -0.618 e. The van der Waals surface area contributed by atoms with Crippen molar-refractivity contribution in [3.63, 3.8) is 0 Å². The SMILES string of the molecule is O=C(NC1CCCCCC1)c1cccc[n+]1[O-]. The van der Waals surface area contributed by atoms with E-state index in [4.69, 9.17) is 0 Å². The highest BCUT2D eigenvalue weighted by molar-refractivity contribution is 5.91. The van der Waals surface area contributed by atoms with Crippen LogP contribution in [-0.4, -0.2) is 11.9 Å². The fraction of sp³-hybridized carbons (Fsp3) is 0.538. The Morgan fingerprint density at radius 2 is 1.94 bits per heavy atom. The summed E-state index contributed by atoms with van der Waals surface area (Å²) in [6.07, 6.45) is 8.23. The smallest absolute Gasteiger partial charge is 0.317 e. The second kappa shape index (κ2) is 5.66. The van der Waals surface area contributed by atoms with Crippen molar-refractivity contribution in [2.45, 2.75) is 44.6 Å². The minimum absolute atomic E-state index is 0.178. The lowest BCUT2D eigenvalue weighted by atomic mass is 10.1. The lowest BCUT2D eigenvalue weighted by molar-refractivity contribution is -0.607. The molecule has 1 amide bonds. The molecule has 0 unspecified atom stereocenters. The second-order valence-electron chi connectivity index (χ2n) is 4.57. The summed E-state index contributed by atoms with van der Waals surface area (Å²) in [5.74, 6) is -0.257. The maximum Gasteiger partial charge on any atom is 0.317 e. The number of aromatic nitrogens is 1. The largest absolute Gasteiger partial charge is 0.618 e. The standard InChI is InChI=1S/C13H18N2O2/c16-13(12-9-5-6-10-15(12)17)14-11-7-3-1-2-4-8-11/h5-6,9-11H,1-4,7-8H2,(H,14,16). The average molecular weight is 234 g/mol. The predicted molar refractivity (Wildman–Crippen MR) is 64.4 cm³/mol. The van der Waals surface area contributed by atoms with Crippen molar-refractivity contribution in [3.05, 3.63) is 35.3 Å². The van der Waals surface area contributed by atoms with E-state index >= 15 is 0 Å². The zero-order chi connectivity index (χ0) is 12.1. The maximum absolute atomic E-state index is 11.9. The molecule has 1 N–H and O–H groups in total. The predicted octanol–water partition coefficient (Wildman–Crippen LogP) is 1.77. The number of hydrogen-bond acceptors (Lipinski definition) is 2. The third kappa shape index (κ3) is 3.19. The van der Waals surface area contributed by atoms with Crippen LogP contribution < -0.4 is 10.0 Å². The summed E-state index contributed by atoms with van der Waals surface area (Å²) in [7, 11) is 0. The number of nitrogens with zero attached hydrogens (tertiary/aromatic N) is 1. The van der Waals surface area contributed by atoms with Crippen molar-refractivity contribution in [1.29, 1.82) is 0 Å². The van der Waals surface area contributed by atoms with Gasteiger partial charge in [-0.3, -0.25) is 4.79 Å². The van der Waals surface area contributed by atoms with Gasteiger partial charge in [-0.2, -0.15) is 4.73 Å². The first-order valence-corrected chi connectivity index (χ1v) is 6.26. The molecule has 0 radical (unpaired) electrons. The van der Waals surface area contributed by atoms with E-state index in [0.29, 0.717) is 4.73 Å². The van der Waals surface area contributed by atoms with Gasteiger partial charge in [-0.25, -0.2) is 0 Å². The monoisotopic (exact) mass is 234 g/mol. The Bertz CT molecular complexity index is 385. The first-order chi connectivity index (χ1) is 8.27. The number of nitrogens with one attached hydrogen (secondary N) is 1. The van der Waals surface area contributed by atoms with E-state index in [1.807, 2.05) is 0 Å². The average Bonchev–Trinajstić information content (AvgIpc) is 2.58. The fourth-order valence-electron chi connectivity index (χ4n) is 2.29. The molecule has 1 aliphatic carbocycles. The number of carbonyl (C=O) groups excluding carboxylic acids is 1. The van der Waals surface area contributed by atoms with Crippen LogP contribution in [0.1, 0.15) is 49.0 Å². The van der Waals surface area contributed by atoms with Gasteiger partial charge in [0.1, 0.15) is 0 Å². The summed E-state index contributed by atoms with van der Waals surface area (Å²) in [6.45, 7) is 0. The lowest BCUT2D eigenvalue weighted by Crippen LogP contribution is -2.42. The molecule has 0 atom stereocenters. The molecule has 17 heavy (non-hydrogen) atoms. The fourth-order valence-corrected chi connectivity index (χ4v) is 2.29. The van der Waals surface area contributed by atoms with Crippen LogP contribution in [-0.2, 0) is 0 Å². The Hall–Kier alpha value is -1.58. The van der Waals surface area contributed by atoms with Crippen molar-refractivity contribution < 1.29 is 9.52 Å². The van der Waals surface area contributed by atoms with Gasteiger partial charge in [-0.15, -0.1) is 0 Å². The van der Waals surface area contributed by atoms with Crippen LogP contribution in [0.3, 0.4) is 0 Å². The molecule has 1 aliphatic rings. The number of pyridine rings is 1. The zero-order valence-corrected chi connectivity index (χ0v) is 9.89. The molecule has 0 saturated heterocycles. The molecule has 1 aromatic heterocycles. The topological polar surface area (TPSA) is 56.0 Å². The molecule has 1 saturated carbocycles. The number of amides is 1. The molecule has 4 heteroatoms. The van der Waals surface area contributed by atoms with Crippen LogP contribution in [0.4, 0.5) is 0 Å². The Morgan fingerprint density at radius 1 is 1.24 bits per heavy atom. The van der Waals surface area contributed by atoms with Crippen LogP contribution in [0.5, 0.6) is 0 Å². The molecular weight excluding hydrogens is 216 g/mol. The Morgan fingerprint density at radius 3 is 2.59 bits per heavy atom. The Kier molecular flexibility index (Phi) is 3.96. The van der Waals surface area contributed by atoms with Gasteiger partial charge in [-0.1, -0.05) is 25.7 Å². The first kappa shape index (κ1) is 11.9. The second-order valence-corrected chi connectivity index (χ2v) is 4.57.